The molecule has 9 heteroatoms. The van der Waals surface area contributed by atoms with Crippen LogP contribution >= 0.6 is 48.3 Å². The topological polar surface area (TPSA) is 62.2 Å². The minimum absolute atomic E-state index is 0.215. The first kappa shape index (κ1) is 79.3. The maximum absolute atomic E-state index is 11.0. The van der Waals surface area contributed by atoms with Crippen molar-refractivity contribution in [2.75, 3.05) is 14.1 Å². The van der Waals surface area contributed by atoms with Crippen molar-refractivity contribution in [2.45, 2.75) is 273 Å². The molecule has 0 unspecified atom stereocenters. The van der Waals surface area contributed by atoms with Gasteiger partial charge >= 0.3 is 0 Å². The molecule has 0 aliphatic heterocycles. The molecule has 0 aromatic heterocycles. The summed E-state index contributed by atoms with van der Waals surface area (Å²) in [4.78, 5) is 1.83. The van der Waals surface area contributed by atoms with Gasteiger partial charge in [-0.05, 0) is 197 Å². The van der Waals surface area contributed by atoms with E-state index in [1.54, 1.807) is 6.92 Å². The molecule has 8 aromatic carbocycles. The van der Waals surface area contributed by atoms with E-state index in [1.807, 2.05) is 50.2 Å². The molecule has 0 aliphatic carbocycles. The number of aryl methyl sites for hydroxylation is 4. The number of phenols is 2. The molecule has 96 heavy (non-hydrogen) atoms. The monoisotopic (exact) mass is 1370 g/mol. The van der Waals surface area contributed by atoms with E-state index >= 15 is 0 Å². The number of thiocarbonyl (C=S) groups is 3. The lowest BCUT2D eigenvalue weighted by atomic mass is 9.94. The third-order valence-corrected chi connectivity index (χ3v) is 19.2. The average molecular weight is 1370 g/mol. The zero-order chi connectivity index (χ0) is 68.9. The highest BCUT2D eigenvalue weighted by Gasteiger charge is 2.19. The van der Waals surface area contributed by atoms with Crippen molar-refractivity contribution in [2.24, 2.45) is 0 Å². The van der Waals surface area contributed by atoms with Crippen LogP contribution in [0.1, 0.15) is 269 Å². The summed E-state index contributed by atoms with van der Waals surface area (Å²) in [6.07, 6.45) is 46.9. The predicted molar refractivity (Wildman–Crippen MR) is 432 cm³/mol. The standard InChI is InChI=1S/C45H61NO2S2.C40H54O2.C2H3ClS/c1-6-8-10-12-14-16-18-20-22-35-24-26-37-30-41(43(47-34(3)49)32-39(37)28-35)42-31-38-27-25-36(23-21-19-17-15-13-11-9-7-2)29-40(38)33-44(42)48-45(50)46(4)5;1-3-5-7-9-11-13-15-17-19-31-21-23-33-27-37(39(41)29-35(33)25-31)38-28-34-24-22-32(26-36(34)30-40(38)42)20-18-16-14-12-10-8-6-4-2;1-2(3)4/h24-33H,6-23H2,1-5H3;21-30,41-42H,3-20H2,1-2H3;1H3. The molecular weight excluding hydrogens is 1250 g/mol. The van der Waals surface area contributed by atoms with Gasteiger partial charge in [0.1, 0.15) is 23.0 Å². The van der Waals surface area contributed by atoms with Crippen molar-refractivity contribution in [3.05, 3.63) is 144 Å². The summed E-state index contributed by atoms with van der Waals surface area (Å²) >= 11 is 20.4. The maximum atomic E-state index is 11.0. The van der Waals surface area contributed by atoms with Gasteiger partial charge in [-0.15, -0.1) is 0 Å². The smallest absolute Gasteiger partial charge is 0.264 e. The predicted octanol–water partition coefficient (Wildman–Crippen LogP) is 28.0. The summed E-state index contributed by atoms with van der Waals surface area (Å²) < 4.78 is 13.2. The van der Waals surface area contributed by atoms with Crippen molar-refractivity contribution in [3.8, 4) is 45.3 Å². The van der Waals surface area contributed by atoms with Crippen molar-refractivity contribution in [1.82, 2.24) is 4.90 Å². The van der Waals surface area contributed by atoms with Crippen LogP contribution in [0.15, 0.2) is 121 Å². The van der Waals surface area contributed by atoms with Crippen LogP contribution in [0.3, 0.4) is 0 Å². The number of unbranched alkanes of at least 4 members (excludes halogenated alkanes) is 28. The van der Waals surface area contributed by atoms with Crippen LogP contribution in [-0.2, 0) is 25.7 Å². The number of benzene rings is 8. The SMILES string of the molecule is CC(=S)Cl.CCCCCCCCCCc1ccc2cc(-c3cc4ccc(CCCCCCCCCC)cc4cc3O)c(O)cc2c1.CCCCCCCCCCc1ccc2cc(-c3cc4ccc(CCCCCCCCCC)cc4cc3OC(=S)N(C)C)c(OC(C)=S)cc2c1. The Balaban J connectivity index is 0.000000291. The summed E-state index contributed by atoms with van der Waals surface area (Å²) in [7, 11) is 3.83. The Hall–Kier alpha value is -5.64. The molecule has 2 N–H and O–H groups in total. The molecule has 0 bridgehead atoms. The molecule has 0 heterocycles. The Kier molecular flexibility index (Phi) is 37.3. The number of rotatable bonds is 40. The third kappa shape index (κ3) is 28.3. The fraction of sp³-hybridized carbons (Fsp3) is 0.506. The third-order valence-electron chi connectivity index (χ3n) is 18.7. The van der Waals surface area contributed by atoms with Gasteiger partial charge in [0.2, 0.25) is 0 Å². The Labute approximate surface area is 601 Å². The average Bonchev–Trinajstić information content (AvgIpc) is 0.780. The Bertz CT molecular complexity index is 3540. The first-order valence-corrected chi connectivity index (χ1v) is 39.1. The van der Waals surface area contributed by atoms with Gasteiger partial charge in [-0.1, -0.05) is 304 Å². The summed E-state index contributed by atoms with van der Waals surface area (Å²) in [6.45, 7) is 12.6. The second-order valence-corrected chi connectivity index (χ2v) is 29.7. The molecular formula is C87H118ClNO4S3. The fourth-order valence-electron chi connectivity index (χ4n) is 13.2. The van der Waals surface area contributed by atoms with Crippen LogP contribution in [0.25, 0.3) is 65.3 Å². The summed E-state index contributed by atoms with van der Waals surface area (Å²) in [6, 6.07) is 43.4. The zero-order valence-corrected chi connectivity index (χ0v) is 63.5. The normalized spacial score (nSPS) is 11.2. The largest absolute Gasteiger partial charge is 0.507 e. The second-order valence-electron chi connectivity index (χ2n) is 27.4. The van der Waals surface area contributed by atoms with E-state index in [0.29, 0.717) is 25.7 Å². The van der Waals surface area contributed by atoms with Gasteiger partial charge in [-0.25, -0.2) is 0 Å². The molecule has 0 saturated heterocycles. The number of halogens is 1. The van der Waals surface area contributed by atoms with Crippen molar-refractivity contribution < 1.29 is 19.7 Å². The van der Waals surface area contributed by atoms with Gasteiger partial charge in [0, 0.05) is 43.3 Å². The van der Waals surface area contributed by atoms with Crippen LogP contribution in [-0.4, -0.2) is 43.8 Å². The van der Waals surface area contributed by atoms with E-state index in [-0.39, 0.29) is 11.5 Å². The summed E-state index contributed by atoms with van der Waals surface area (Å²) in [5.74, 6) is 1.89. The number of aromatic hydroxyl groups is 2. The molecule has 0 saturated carbocycles. The van der Waals surface area contributed by atoms with Crippen molar-refractivity contribution >= 4 is 106 Å². The Morgan fingerprint density at radius 1 is 0.323 bits per heavy atom. The van der Waals surface area contributed by atoms with E-state index in [0.717, 1.165) is 91.4 Å². The van der Waals surface area contributed by atoms with E-state index < -0.39 is 0 Å². The van der Waals surface area contributed by atoms with E-state index in [1.165, 1.54) is 228 Å². The molecule has 520 valence electrons. The number of hydrogen-bond acceptors (Lipinski definition) is 7. The van der Waals surface area contributed by atoms with Gasteiger partial charge in [0.25, 0.3) is 5.17 Å². The molecule has 0 spiro atoms. The van der Waals surface area contributed by atoms with E-state index in [4.69, 9.17) is 45.5 Å². The van der Waals surface area contributed by atoms with Crippen LogP contribution in [0.2, 0.25) is 0 Å². The lowest BCUT2D eigenvalue weighted by Crippen LogP contribution is -2.25. The molecule has 0 fully saturated rings. The molecule has 0 atom stereocenters. The first-order chi connectivity index (χ1) is 46.6. The van der Waals surface area contributed by atoms with Gasteiger partial charge < -0.3 is 24.6 Å². The zero-order valence-electron chi connectivity index (χ0n) is 60.3. The highest BCUT2D eigenvalue weighted by Crippen LogP contribution is 2.44. The lowest BCUT2D eigenvalue weighted by Gasteiger charge is -2.20. The van der Waals surface area contributed by atoms with Crippen molar-refractivity contribution in [1.29, 1.82) is 0 Å². The first-order valence-electron chi connectivity index (χ1n) is 37.5. The van der Waals surface area contributed by atoms with Crippen LogP contribution in [0.4, 0.5) is 0 Å². The molecule has 8 rings (SSSR count). The van der Waals surface area contributed by atoms with Gasteiger partial charge in [-0.2, -0.15) is 0 Å². The highest BCUT2D eigenvalue weighted by molar-refractivity contribution is 7.83. The number of nitrogens with zero attached hydrogens (tertiary/aromatic N) is 1. The summed E-state index contributed by atoms with van der Waals surface area (Å²) in [5, 5.41) is 31.9. The van der Waals surface area contributed by atoms with Crippen LogP contribution in [0.5, 0.6) is 23.0 Å². The number of ether oxygens (including phenoxy) is 2. The molecule has 8 aromatic rings. The Morgan fingerprint density at radius 2 is 0.562 bits per heavy atom. The maximum Gasteiger partial charge on any atom is 0.264 e. The fourth-order valence-corrected chi connectivity index (χ4v) is 13.3. The molecule has 0 radical (unpaired) electrons. The number of phenolic OH excluding ortho intramolecular Hbond substituents is 2. The molecule has 0 aliphatic rings. The minimum atomic E-state index is 0.215. The van der Waals surface area contributed by atoms with Gasteiger partial charge in [0.05, 0.1) is 4.32 Å². The number of hydrogen-bond donors (Lipinski definition) is 2. The summed E-state index contributed by atoms with van der Waals surface area (Å²) in [5.41, 5.74) is 8.64. The molecule has 5 nitrogen and oxygen atoms in total. The Morgan fingerprint density at radius 3 is 0.823 bits per heavy atom. The van der Waals surface area contributed by atoms with E-state index in [2.05, 4.69) is 137 Å². The van der Waals surface area contributed by atoms with Gasteiger partial charge in [0.15, 0.2) is 5.05 Å². The minimum Gasteiger partial charge on any atom is -0.507 e. The highest BCUT2D eigenvalue weighted by atomic mass is 35.5. The quantitative estimate of drug-likeness (QED) is 0.0224. The lowest BCUT2D eigenvalue weighted by molar-refractivity contribution is 0.450. The van der Waals surface area contributed by atoms with Crippen LogP contribution in [0, 0.1) is 0 Å². The molecule has 0 amide bonds. The van der Waals surface area contributed by atoms with Crippen LogP contribution < -0.4 is 9.47 Å². The van der Waals surface area contributed by atoms with E-state index in [9.17, 15) is 10.2 Å². The number of fused-ring (bicyclic) bond motifs is 4. The van der Waals surface area contributed by atoms with Gasteiger partial charge in [-0.3, -0.25) is 0 Å². The second kappa shape index (κ2) is 45.1. The van der Waals surface area contributed by atoms with Crippen molar-refractivity contribution in [3.63, 3.8) is 0 Å².